The number of aliphatic hydroxyl groups is 1. The molecule has 21 nitrogen and oxygen atoms in total. The third-order valence-corrected chi connectivity index (χ3v) is 6.53. The smallest absolute Gasteiger partial charge is 0.322 e. The van der Waals surface area contributed by atoms with E-state index in [2.05, 4.69) is 36.9 Å². The van der Waals surface area contributed by atoms with Crippen molar-refractivity contribution in [3.8, 4) is 0 Å². The van der Waals surface area contributed by atoms with Crippen LogP contribution >= 0.6 is 0 Å². The summed E-state index contributed by atoms with van der Waals surface area (Å²) < 4.78 is 0. The van der Waals surface area contributed by atoms with Crippen molar-refractivity contribution in [3.05, 3.63) is 0 Å². The molecule has 0 heterocycles. The van der Waals surface area contributed by atoms with Crippen molar-refractivity contribution >= 4 is 53.3 Å². The number of nitrogens with one attached hydrogen (secondary N) is 6. The first-order valence-corrected chi connectivity index (χ1v) is 14.5. The Balaban J connectivity index is 5.40. The number of hydrogen-bond acceptors (Lipinski definition) is 11. The fourth-order valence-electron chi connectivity index (χ4n) is 3.68. The number of rotatable bonds is 22. The van der Waals surface area contributed by atoms with Gasteiger partial charge in [-0.1, -0.05) is 20.3 Å². The van der Waals surface area contributed by atoms with Gasteiger partial charge < -0.3 is 64.4 Å². The Morgan fingerprint density at radius 2 is 1.34 bits per heavy atom. The number of nitrogens with zero attached hydrogens (tertiary/aromatic N) is 1. The average Bonchev–Trinajstić information content (AvgIpc) is 3.00. The monoisotopic (exact) mass is 674 g/mol. The number of aliphatic imine (C=N–C) groups is 1. The van der Waals surface area contributed by atoms with Crippen molar-refractivity contribution in [2.24, 2.45) is 28.1 Å². The number of carbonyl (C=O) groups excluding carboxylic acids is 6. The average molecular weight is 675 g/mol. The van der Waals surface area contributed by atoms with E-state index < -0.39 is 110 Å². The van der Waals surface area contributed by atoms with E-state index in [9.17, 15) is 48.6 Å². The summed E-state index contributed by atoms with van der Waals surface area (Å²) in [5.41, 5.74) is 16.2. The van der Waals surface area contributed by atoms with E-state index in [4.69, 9.17) is 22.3 Å². The summed E-state index contributed by atoms with van der Waals surface area (Å²) in [5.74, 6) is -9.03. The molecule has 0 rings (SSSR count). The maximum absolute atomic E-state index is 13.1. The largest absolute Gasteiger partial charge is 0.481 e. The van der Waals surface area contributed by atoms with E-state index in [0.29, 0.717) is 12.8 Å². The third kappa shape index (κ3) is 17.3. The fraction of sp³-hybridized carbons (Fsp3) is 0.654. The van der Waals surface area contributed by atoms with Gasteiger partial charge in [0.15, 0.2) is 5.96 Å². The molecule has 0 radical (unpaired) electrons. The quantitative estimate of drug-likeness (QED) is 0.0289. The third-order valence-electron chi connectivity index (χ3n) is 6.53. The fourth-order valence-corrected chi connectivity index (χ4v) is 3.68. The van der Waals surface area contributed by atoms with Crippen LogP contribution in [0.5, 0.6) is 0 Å². The minimum atomic E-state index is -1.78. The lowest BCUT2D eigenvalue weighted by Crippen LogP contribution is -2.60. The molecule has 47 heavy (non-hydrogen) atoms. The highest BCUT2D eigenvalue weighted by Gasteiger charge is 2.33. The van der Waals surface area contributed by atoms with Gasteiger partial charge in [0, 0.05) is 6.54 Å². The molecule has 6 atom stereocenters. The molecule has 1 unspecified atom stereocenters. The van der Waals surface area contributed by atoms with Crippen molar-refractivity contribution in [1.82, 2.24) is 31.9 Å². The normalized spacial score (nSPS) is 14.4. The molecule has 0 saturated carbocycles. The number of aliphatic carboxylic acids is 2. The van der Waals surface area contributed by atoms with E-state index in [0.717, 1.165) is 0 Å². The Morgan fingerprint density at radius 3 is 1.87 bits per heavy atom. The van der Waals surface area contributed by atoms with Crippen LogP contribution in [0.25, 0.3) is 0 Å². The van der Waals surface area contributed by atoms with Crippen molar-refractivity contribution in [1.29, 1.82) is 0 Å². The SMILES string of the molecule is CCC(C)[C@H](NC(=O)[C@H](CC(=O)O)NC(=O)[C@H](CO)NC(=O)CNC(=O)[C@@H](N)CCCN=C(N)N)C(=O)N[C@@H](C)C(=O)NCC(=O)O. The highest BCUT2D eigenvalue weighted by Crippen LogP contribution is 2.10. The van der Waals surface area contributed by atoms with Crippen molar-refractivity contribution < 1.29 is 53.7 Å². The second-order valence-electron chi connectivity index (χ2n) is 10.4. The zero-order chi connectivity index (χ0) is 36.3. The predicted molar refractivity (Wildman–Crippen MR) is 164 cm³/mol. The first kappa shape index (κ1) is 41.9. The van der Waals surface area contributed by atoms with Crippen molar-refractivity contribution in [2.45, 2.75) is 76.7 Å². The topological polar surface area (TPSA) is 360 Å². The lowest BCUT2D eigenvalue weighted by molar-refractivity contribution is -0.141. The minimum Gasteiger partial charge on any atom is -0.481 e. The van der Waals surface area contributed by atoms with Gasteiger partial charge in [-0.2, -0.15) is 0 Å². The van der Waals surface area contributed by atoms with Gasteiger partial charge in [-0.25, -0.2) is 0 Å². The van der Waals surface area contributed by atoms with Gasteiger partial charge in [-0.15, -0.1) is 0 Å². The van der Waals surface area contributed by atoms with E-state index in [1.54, 1.807) is 13.8 Å². The molecule has 0 spiro atoms. The van der Waals surface area contributed by atoms with Gasteiger partial charge in [-0.3, -0.25) is 43.3 Å². The van der Waals surface area contributed by atoms with Crippen LogP contribution in [-0.4, -0.2) is 125 Å². The summed E-state index contributed by atoms with van der Waals surface area (Å²) in [4.78, 5) is 101. The summed E-state index contributed by atoms with van der Waals surface area (Å²) in [5, 5.41) is 41.0. The molecule has 0 bridgehead atoms. The molecule has 0 aromatic heterocycles. The number of carboxylic acid groups (broad SMARTS) is 2. The Kier molecular flexibility index (Phi) is 19.3. The van der Waals surface area contributed by atoms with Crippen LogP contribution in [0.4, 0.5) is 0 Å². The van der Waals surface area contributed by atoms with Crippen LogP contribution in [0.15, 0.2) is 4.99 Å². The lowest BCUT2D eigenvalue weighted by Gasteiger charge is -2.27. The Labute approximate surface area is 270 Å². The van der Waals surface area contributed by atoms with Crippen molar-refractivity contribution in [3.63, 3.8) is 0 Å². The second kappa shape index (κ2) is 21.6. The predicted octanol–water partition coefficient (Wildman–Crippen LogP) is -5.84. The van der Waals surface area contributed by atoms with Crippen molar-refractivity contribution in [2.75, 3.05) is 26.2 Å². The van der Waals surface area contributed by atoms with Gasteiger partial charge >= 0.3 is 11.9 Å². The van der Waals surface area contributed by atoms with Crippen LogP contribution in [0.2, 0.25) is 0 Å². The summed E-state index contributed by atoms with van der Waals surface area (Å²) in [6, 6.07) is -6.97. The molecule has 15 N–H and O–H groups in total. The molecule has 0 aromatic carbocycles. The highest BCUT2D eigenvalue weighted by atomic mass is 16.4. The Hall–Kier alpha value is -5.05. The molecule has 0 saturated heterocycles. The molecule has 0 aliphatic rings. The summed E-state index contributed by atoms with van der Waals surface area (Å²) in [7, 11) is 0. The lowest BCUT2D eigenvalue weighted by atomic mass is 9.97. The van der Waals surface area contributed by atoms with E-state index in [1.165, 1.54) is 6.92 Å². The van der Waals surface area contributed by atoms with Gasteiger partial charge in [0.05, 0.1) is 25.6 Å². The van der Waals surface area contributed by atoms with Crippen LogP contribution < -0.4 is 49.1 Å². The van der Waals surface area contributed by atoms with E-state index >= 15 is 0 Å². The van der Waals surface area contributed by atoms with Gasteiger partial charge in [0.2, 0.25) is 35.4 Å². The number of aliphatic hydroxyl groups excluding tert-OH is 1. The van der Waals surface area contributed by atoms with Crippen LogP contribution in [0.1, 0.15) is 46.5 Å². The number of guanidine groups is 1. The zero-order valence-electron chi connectivity index (χ0n) is 26.4. The number of amides is 6. The van der Waals surface area contributed by atoms with Crippen LogP contribution in [-0.2, 0) is 38.4 Å². The highest BCUT2D eigenvalue weighted by molar-refractivity contribution is 5.97. The maximum Gasteiger partial charge on any atom is 0.322 e. The molecule has 0 aliphatic heterocycles. The molecule has 0 aliphatic carbocycles. The summed E-state index contributed by atoms with van der Waals surface area (Å²) >= 11 is 0. The molecule has 0 aromatic rings. The molecular formula is C26H46N10O11. The second-order valence-corrected chi connectivity index (χ2v) is 10.4. The maximum atomic E-state index is 13.1. The number of carboxylic acids is 2. The minimum absolute atomic E-state index is 0.121. The van der Waals surface area contributed by atoms with Gasteiger partial charge in [-0.05, 0) is 25.7 Å². The zero-order valence-corrected chi connectivity index (χ0v) is 26.4. The Morgan fingerprint density at radius 1 is 0.745 bits per heavy atom. The van der Waals surface area contributed by atoms with Gasteiger partial charge in [0.25, 0.3) is 0 Å². The van der Waals surface area contributed by atoms with E-state index in [1.807, 2.05) is 0 Å². The van der Waals surface area contributed by atoms with Gasteiger partial charge in [0.1, 0.15) is 30.7 Å². The summed E-state index contributed by atoms with van der Waals surface area (Å²) in [6.45, 7) is 2.48. The molecular weight excluding hydrogens is 628 g/mol. The number of carbonyl (C=O) groups is 8. The van der Waals surface area contributed by atoms with E-state index in [-0.39, 0.29) is 18.9 Å². The first-order chi connectivity index (χ1) is 21.9. The summed E-state index contributed by atoms with van der Waals surface area (Å²) in [6.07, 6.45) is -0.0423. The molecule has 6 amide bonds. The standard InChI is InChI=1S/C26H46N10O11/c1-4-12(2)20(25(47)33-13(3)21(43)32-10-19(41)42)36-23(45)15(8-18(39)40)35-24(46)16(11-37)34-17(38)9-31-22(44)14(27)6-5-7-30-26(28)29/h12-16,20,37H,4-11,27H2,1-3H3,(H,31,44)(H,32,43)(H,33,47)(H,34,38)(H,35,46)(H,36,45)(H,39,40)(H,41,42)(H4,28,29,30)/t12?,13-,14-,15-,16-,20-/m0/s1. The van der Waals surface area contributed by atoms with Crippen LogP contribution in [0, 0.1) is 5.92 Å². The Bertz CT molecular complexity index is 1160. The van der Waals surface area contributed by atoms with Crippen LogP contribution in [0.3, 0.4) is 0 Å². The molecule has 0 fully saturated rings. The molecule has 21 heteroatoms. The molecule has 266 valence electrons. The first-order valence-electron chi connectivity index (χ1n) is 14.5. The number of hydrogen-bond donors (Lipinski definition) is 12. The number of nitrogens with two attached hydrogens (primary N) is 3.